The van der Waals surface area contributed by atoms with E-state index in [9.17, 15) is 13.2 Å². The van der Waals surface area contributed by atoms with E-state index >= 15 is 0 Å². The van der Waals surface area contributed by atoms with Gasteiger partial charge < -0.3 is 10.6 Å². The van der Waals surface area contributed by atoms with Crippen LogP contribution in [0.5, 0.6) is 0 Å². The van der Waals surface area contributed by atoms with Crippen LogP contribution in [0, 0.1) is 11.3 Å². The fraction of sp³-hybridized carbons (Fsp3) is 0.600. The molecule has 1 aliphatic heterocycles. The van der Waals surface area contributed by atoms with E-state index < -0.39 is 11.7 Å². The zero-order valence-electron chi connectivity index (χ0n) is 12.1. The molecule has 20 heavy (non-hydrogen) atoms. The molecule has 1 unspecified atom stereocenters. The predicted molar refractivity (Wildman–Crippen MR) is 75.6 cm³/mol. The predicted octanol–water partition coefficient (Wildman–Crippen LogP) is 4.16. The van der Waals surface area contributed by atoms with Gasteiger partial charge in [-0.05, 0) is 36.0 Å². The standard InChI is InChI=1S/C15H21F3N2/c1-14(2,3)10-6-7-20(9-10)11-4-5-13(19)12(8-11)15(16,17)18/h4-5,8,10H,6-7,9,19H2,1-3H3. The summed E-state index contributed by atoms with van der Waals surface area (Å²) in [5.41, 5.74) is 5.26. The molecule has 1 atom stereocenters. The summed E-state index contributed by atoms with van der Waals surface area (Å²) in [4.78, 5) is 2.02. The molecule has 2 N–H and O–H groups in total. The molecule has 0 bridgehead atoms. The van der Waals surface area contributed by atoms with Crippen LogP contribution in [0.15, 0.2) is 18.2 Å². The molecule has 0 spiro atoms. The van der Waals surface area contributed by atoms with Crippen LogP contribution in [-0.2, 0) is 6.18 Å². The third kappa shape index (κ3) is 3.02. The molecule has 1 aromatic rings. The zero-order valence-corrected chi connectivity index (χ0v) is 12.1. The highest BCUT2D eigenvalue weighted by Crippen LogP contribution is 2.39. The highest BCUT2D eigenvalue weighted by Gasteiger charge is 2.35. The van der Waals surface area contributed by atoms with Crippen molar-refractivity contribution in [2.24, 2.45) is 11.3 Å². The number of hydrogen-bond acceptors (Lipinski definition) is 2. The maximum Gasteiger partial charge on any atom is 0.418 e. The van der Waals surface area contributed by atoms with Crippen LogP contribution in [0.25, 0.3) is 0 Å². The quantitative estimate of drug-likeness (QED) is 0.785. The lowest BCUT2D eigenvalue weighted by atomic mass is 9.80. The van der Waals surface area contributed by atoms with Crippen molar-refractivity contribution in [3.8, 4) is 0 Å². The van der Waals surface area contributed by atoms with Gasteiger partial charge in [0.15, 0.2) is 0 Å². The van der Waals surface area contributed by atoms with Crippen molar-refractivity contribution in [2.75, 3.05) is 23.7 Å². The smallest absolute Gasteiger partial charge is 0.398 e. The van der Waals surface area contributed by atoms with Crippen LogP contribution in [-0.4, -0.2) is 13.1 Å². The van der Waals surface area contributed by atoms with Crippen molar-refractivity contribution < 1.29 is 13.2 Å². The summed E-state index contributed by atoms with van der Waals surface area (Å²) < 4.78 is 38.6. The number of nitrogens with zero attached hydrogens (tertiary/aromatic N) is 1. The van der Waals surface area contributed by atoms with Crippen LogP contribution in [0.1, 0.15) is 32.8 Å². The maximum atomic E-state index is 12.9. The minimum atomic E-state index is -4.40. The first kappa shape index (κ1) is 15.0. The highest BCUT2D eigenvalue weighted by atomic mass is 19.4. The number of halogens is 3. The summed E-state index contributed by atoms with van der Waals surface area (Å²) in [6, 6.07) is 4.19. The van der Waals surface area contributed by atoms with Gasteiger partial charge in [-0.3, -0.25) is 0 Å². The van der Waals surface area contributed by atoms with Crippen LogP contribution in [0.4, 0.5) is 24.5 Å². The molecule has 1 heterocycles. The Bertz CT molecular complexity index is 489. The molecular weight excluding hydrogens is 265 g/mol. The van der Waals surface area contributed by atoms with Crippen LogP contribution < -0.4 is 10.6 Å². The van der Waals surface area contributed by atoms with E-state index in [1.165, 1.54) is 12.1 Å². The number of benzene rings is 1. The molecule has 0 radical (unpaired) electrons. The molecule has 0 saturated carbocycles. The third-order valence-electron chi connectivity index (χ3n) is 4.12. The fourth-order valence-corrected chi connectivity index (χ4v) is 2.69. The molecular formula is C15H21F3N2. The first-order valence-corrected chi connectivity index (χ1v) is 6.80. The Balaban J connectivity index is 2.23. The van der Waals surface area contributed by atoms with Crippen molar-refractivity contribution in [3.05, 3.63) is 23.8 Å². The Morgan fingerprint density at radius 3 is 2.35 bits per heavy atom. The summed E-state index contributed by atoms with van der Waals surface area (Å²) in [5, 5.41) is 0. The minimum Gasteiger partial charge on any atom is -0.398 e. The normalized spacial score (nSPS) is 20.5. The molecule has 1 fully saturated rings. The molecule has 1 saturated heterocycles. The van der Waals surface area contributed by atoms with E-state index in [1.54, 1.807) is 6.07 Å². The van der Waals surface area contributed by atoms with E-state index in [0.29, 0.717) is 11.6 Å². The van der Waals surface area contributed by atoms with E-state index in [-0.39, 0.29) is 11.1 Å². The Hall–Kier alpha value is -1.39. The fourth-order valence-electron chi connectivity index (χ4n) is 2.69. The van der Waals surface area contributed by atoms with Gasteiger partial charge in [0.05, 0.1) is 5.56 Å². The second-order valence-electron chi connectivity index (χ2n) is 6.57. The van der Waals surface area contributed by atoms with Gasteiger partial charge in [0.25, 0.3) is 0 Å². The lowest BCUT2D eigenvalue weighted by Crippen LogP contribution is -2.26. The molecule has 2 nitrogen and oxygen atoms in total. The van der Waals surface area contributed by atoms with Crippen LogP contribution >= 0.6 is 0 Å². The molecule has 0 aromatic heterocycles. The number of anilines is 2. The van der Waals surface area contributed by atoms with E-state index in [2.05, 4.69) is 20.8 Å². The third-order valence-corrected chi connectivity index (χ3v) is 4.12. The molecule has 2 rings (SSSR count). The topological polar surface area (TPSA) is 29.3 Å². The number of hydrogen-bond donors (Lipinski definition) is 1. The summed E-state index contributed by atoms with van der Waals surface area (Å²) >= 11 is 0. The van der Waals surface area contributed by atoms with Crippen molar-refractivity contribution in [2.45, 2.75) is 33.4 Å². The van der Waals surface area contributed by atoms with Crippen molar-refractivity contribution in [1.82, 2.24) is 0 Å². The lowest BCUT2D eigenvalue weighted by molar-refractivity contribution is -0.136. The van der Waals surface area contributed by atoms with Gasteiger partial charge in [-0.25, -0.2) is 0 Å². The van der Waals surface area contributed by atoms with E-state index in [4.69, 9.17) is 5.73 Å². The summed E-state index contributed by atoms with van der Waals surface area (Å²) in [6.45, 7) is 8.11. The molecule has 0 amide bonds. The maximum absolute atomic E-state index is 12.9. The minimum absolute atomic E-state index is 0.176. The number of rotatable bonds is 1. The van der Waals surface area contributed by atoms with Gasteiger partial charge in [0, 0.05) is 24.5 Å². The number of nitrogen functional groups attached to an aromatic ring is 1. The Morgan fingerprint density at radius 2 is 1.85 bits per heavy atom. The molecule has 5 heteroatoms. The average Bonchev–Trinajstić information content (AvgIpc) is 2.77. The molecule has 112 valence electrons. The number of nitrogens with two attached hydrogens (primary N) is 1. The van der Waals surface area contributed by atoms with E-state index in [0.717, 1.165) is 19.5 Å². The molecule has 1 aliphatic rings. The summed E-state index contributed by atoms with van der Waals surface area (Å²) in [5.74, 6) is 0.495. The molecule has 1 aromatic carbocycles. The van der Waals surface area contributed by atoms with Crippen LogP contribution in [0.3, 0.4) is 0 Å². The second-order valence-corrected chi connectivity index (χ2v) is 6.57. The second kappa shape index (κ2) is 4.86. The van der Waals surface area contributed by atoms with Gasteiger partial charge in [-0.1, -0.05) is 20.8 Å². The van der Waals surface area contributed by atoms with Crippen molar-refractivity contribution in [3.63, 3.8) is 0 Å². The number of alkyl halides is 3. The van der Waals surface area contributed by atoms with Gasteiger partial charge in [0.2, 0.25) is 0 Å². The van der Waals surface area contributed by atoms with Gasteiger partial charge in [-0.2, -0.15) is 13.2 Å². The Kier molecular flexibility index (Phi) is 3.65. The van der Waals surface area contributed by atoms with Gasteiger partial charge in [-0.15, -0.1) is 0 Å². The lowest BCUT2D eigenvalue weighted by Gasteiger charge is -2.27. The summed E-state index contributed by atoms with van der Waals surface area (Å²) in [7, 11) is 0. The van der Waals surface area contributed by atoms with Crippen molar-refractivity contribution in [1.29, 1.82) is 0 Å². The van der Waals surface area contributed by atoms with Crippen LogP contribution in [0.2, 0.25) is 0 Å². The van der Waals surface area contributed by atoms with Crippen molar-refractivity contribution >= 4 is 11.4 Å². The average molecular weight is 286 g/mol. The first-order valence-electron chi connectivity index (χ1n) is 6.80. The Morgan fingerprint density at radius 1 is 1.20 bits per heavy atom. The Labute approximate surface area is 117 Å². The van der Waals surface area contributed by atoms with E-state index in [1.807, 2.05) is 4.90 Å². The monoisotopic (exact) mass is 286 g/mol. The largest absolute Gasteiger partial charge is 0.418 e. The van der Waals surface area contributed by atoms with Gasteiger partial charge >= 0.3 is 6.18 Å². The van der Waals surface area contributed by atoms with Gasteiger partial charge in [0.1, 0.15) is 0 Å². The highest BCUT2D eigenvalue weighted by molar-refractivity contribution is 5.60. The molecule has 0 aliphatic carbocycles. The SMILES string of the molecule is CC(C)(C)C1CCN(c2ccc(N)c(C(F)(F)F)c2)C1. The first-order chi connectivity index (χ1) is 9.09. The zero-order chi connectivity index (χ0) is 15.1. The summed E-state index contributed by atoms with van der Waals surface area (Å²) in [6.07, 6.45) is -3.39.